The second-order valence-electron chi connectivity index (χ2n) is 4.56. The zero-order chi connectivity index (χ0) is 12.2. The second-order valence-corrected chi connectivity index (χ2v) is 5.59. The third-order valence-electron chi connectivity index (χ3n) is 3.36. The van der Waals surface area contributed by atoms with Gasteiger partial charge in [0, 0.05) is 49.5 Å². The summed E-state index contributed by atoms with van der Waals surface area (Å²) in [4.78, 5) is 8.22. The molecule has 1 aliphatic rings. The Morgan fingerprint density at radius 3 is 3.05 bits per heavy atom. The van der Waals surface area contributed by atoms with Crippen molar-refractivity contribution in [3.05, 3.63) is 52.5 Å². The third kappa shape index (κ3) is 3.54. The number of thiophene rings is 1. The highest BCUT2D eigenvalue weighted by Gasteiger charge is 2.23. The molecular formula is C14H18ClN3S. The van der Waals surface area contributed by atoms with Crippen molar-refractivity contribution >= 4 is 23.7 Å². The van der Waals surface area contributed by atoms with Crippen LogP contribution in [0.5, 0.6) is 0 Å². The number of hydrogen-bond donors (Lipinski definition) is 1. The lowest BCUT2D eigenvalue weighted by Crippen LogP contribution is -2.45. The topological polar surface area (TPSA) is 28.2 Å². The van der Waals surface area contributed by atoms with Gasteiger partial charge in [-0.3, -0.25) is 9.88 Å². The summed E-state index contributed by atoms with van der Waals surface area (Å²) in [6.07, 6.45) is 3.82. The van der Waals surface area contributed by atoms with E-state index < -0.39 is 0 Å². The van der Waals surface area contributed by atoms with E-state index >= 15 is 0 Å². The molecule has 0 spiro atoms. The molecule has 3 nitrogen and oxygen atoms in total. The molecule has 1 unspecified atom stereocenters. The molecule has 19 heavy (non-hydrogen) atoms. The van der Waals surface area contributed by atoms with Crippen LogP contribution in [0.2, 0.25) is 0 Å². The highest BCUT2D eigenvalue weighted by molar-refractivity contribution is 7.09. The summed E-state index contributed by atoms with van der Waals surface area (Å²) in [5.74, 6) is 0. The quantitative estimate of drug-likeness (QED) is 0.944. The summed E-state index contributed by atoms with van der Waals surface area (Å²) in [6.45, 7) is 4.22. The van der Waals surface area contributed by atoms with Crippen LogP contribution in [-0.4, -0.2) is 29.5 Å². The number of nitrogens with zero attached hydrogens (tertiary/aromatic N) is 2. The number of hydrogen-bond acceptors (Lipinski definition) is 4. The van der Waals surface area contributed by atoms with Crippen molar-refractivity contribution in [2.45, 2.75) is 12.6 Å². The van der Waals surface area contributed by atoms with Crippen molar-refractivity contribution in [3.63, 3.8) is 0 Å². The van der Waals surface area contributed by atoms with Gasteiger partial charge in [-0.1, -0.05) is 12.1 Å². The summed E-state index contributed by atoms with van der Waals surface area (Å²) in [7, 11) is 0. The van der Waals surface area contributed by atoms with E-state index in [0.29, 0.717) is 6.04 Å². The van der Waals surface area contributed by atoms with E-state index in [1.54, 1.807) is 0 Å². The summed E-state index contributed by atoms with van der Waals surface area (Å²) in [6, 6.07) is 8.97. The predicted octanol–water partition coefficient (Wildman–Crippen LogP) is 2.71. The zero-order valence-electron chi connectivity index (χ0n) is 10.7. The van der Waals surface area contributed by atoms with Gasteiger partial charge in [-0.25, -0.2) is 0 Å². The van der Waals surface area contributed by atoms with Gasteiger partial charge in [-0.15, -0.1) is 23.7 Å². The fourth-order valence-electron chi connectivity index (χ4n) is 2.44. The minimum absolute atomic E-state index is 0. The standard InChI is InChI=1S/C14H17N3S.ClH/c1-3-12(9-15-5-1)14-10-16-6-7-17(14)11-13-4-2-8-18-13;/h1-5,8-9,14,16H,6-7,10-11H2;1H. The van der Waals surface area contributed by atoms with Crippen LogP contribution in [0.3, 0.4) is 0 Å². The molecule has 2 aromatic heterocycles. The van der Waals surface area contributed by atoms with Crippen molar-refractivity contribution in [2.24, 2.45) is 0 Å². The van der Waals surface area contributed by atoms with Gasteiger partial charge < -0.3 is 5.32 Å². The van der Waals surface area contributed by atoms with Crippen molar-refractivity contribution in [1.29, 1.82) is 0 Å². The van der Waals surface area contributed by atoms with E-state index in [2.05, 4.69) is 38.8 Å². The Hall–Kier alpha value is -0.940. The van der Waals surface area contributed by atoms with Crippen LogP contribution in [-0.2, 0) is 6.54 Å². The molecule has 0 aromatic carbocycles. The Labute approximate surface area is 124 Å². The minimum Gasteiger partial charge on any atom is -0.314 e. The van der Waals surface area contributed by atoms with Gasteiger partial charge in [0.15, 0.2) is 0 Å². The largest absolute Gasteiger partial charge is 0.314 e. The maximum Gasteiger partial charge on any atom is 0.0492 e. The van der Waals surface area contributed by atoms with Crippen molar-refractivity contribution in [3.8, 4) is 0 Å². The van der Waals surface area contributed by atoms with Crippen LogP contribution in [0.25, 0.3) is 0 Å². The Morgan fingerprint density at radius 1 is 1.37 bits per heavy atom. The molecule has 0 aliphatic carbocycles. The lowest BCUT2D eigenvalue weighted by Gasteiger charge is -2.36. The number of rotatable bonds is 3. The molecule has 5 heteroatoms. The Balaban J connectivity index is 0.00000133. The van der Waals surface area contributed by atoms with Gasteiger partial charge in [0.05, 0.1) is 0 Å². The number of pyridine rings is 1. The molecule has 1 N–H and O–H groups in total. The van der Waals surface area contributed by atoms with E-state index in [-0.39, 0.29) is 12.4 Å². The Bertz CT molecular complexity index is 475. The first-order valence-electron chi connectivity index (χ1n) is 6.30. The monoisotopic (exact) mass is 295 g/mol. The molecule has 102 valence electrons. The summed E-state index contributed by atoms with van der Waals surface area (Å²) in [5.41, 5.74) is 1.31. The number of aromatic nitrogens is 1. The minimum atomic E-state index is 0. The smallest absolute Gasteiger partial charge is 0.0492 e. The van der Waals surface area contributed by atoms with Crippen molar-refractivity contribution in [1.82, 2.24) is 15.2 Å². The lowest BCUT2D eigenvalue weighted by molar-refractivity contribution is 0.155. The molecule has 3 heterocycles. The molecule has 0 bridgehead atoms. The van der Waals surface area contributed by atoms with Crippen LogP contribution in [0.4, 0.5) is 0 Å². The normalized spacial score (nSPS) is 19.9. The average Bonchev–Trinajstić information content (AvgIpc) is 2.93. The SMILES string of the molecule is Cl.c1cncc(C2CNCCN2Cc2cccs2)c1. The van der Waals surface area contributed by atoms with Gasteiger partial charge in [-0.2, -0.15) is 0 Å². The summed E-state index contributed by atoms with van der Waals surface area (Å²) in [5, 5.41) is 5.63. The number of piperazine rings is 1. The Morgan fingerprint density at radius 2 is 2.32 bits per heavy atom. The molecule has 0 radical (unpaired) electrons. The summed E-state index contributed by atoms with van der Waals surface area (Å²) >= 11 is 1.84. The first-order chi connectivity index (χ1) is 8.93. The van der Waals surface area contributed by atoms with E-state index in [1.807, 2.05) is 29.8 Å². The average molecular weight is 296 g/mol. The first-order valence-corrected chi connectivity index (χ1v) is 7.18. The highest BCUT2D eigenvalue weighted by Crippen LogP contribution is 2.24. The maximum atomic E-state index is 4.24. The molecule has 1 aliphatic heterocycles. The lowest BCUT2D eigenvalue weighted by atomic mass is 10.1. The molecule has 2 aromatic rings. The summed E-state index contributed by atoms with van der Waals surface area (Å²) < 4.78 is 0. The van der Waals surface area contributed by atoms with Crippen LogP contribution in [0.15, 0.2) is 42.0 Å². The molecule has 1 atom stereocenters. The van der Waals surface area contributed by atoms with Gasteiger partial charge in [-0.05, 0) is 23.1 Å². The molecule has 3 rings (SSSR count). The maximum absolute atomic E-state index is 4.24. The predicted molar refractivity (Wildman–Crippen MR) is 81.8 cm³/mol. The second kappa shape index (κ2) is 7.01. The highest BCUT2D eigenvalue weighted by atomic mass is 35.5. The molecule has 1 saturated heterocycles. The third-order valence-corrected chi connectivity index (χ3v) is 4.22. The van der Waals surface area contributed by atoms with Gasteiger partial charge in [0.25, 0.3) is 0 Å². The Kier molecular flexibility index (Phi) is 5.34. The molecule has 0 saturated carbocycles. The van der Waals surface area contributed by atoms with Crippen molar-refractivity contribution in [2.75, 3.05) is 19.6 Å². The molecule has 0 amide bonds. The van der Waals surface area contributed by atoms with Gasteiger partial charge in [0.2, 0.25) is 0 Å². The molecule has 1 fully saturated rings. The van der Waals surface area contributed by atoms with E-state index in [1.165, 1.54) is 10.4 Å². The first kappa shape index (κ1) is 14.5. The zero-order valence-corrected chi connectivity index (χ0v) is 12.3. The van der Waals surface area contributed by atoms with Crippen LogP contribution < -0.4 is 5.32 Å². The van der Waals surface area contributed by atoms with Gasteiger partial charge >= 0.3 is 0 Å². The van der Waals surface area contributed by atoms with Gasteiger partial charge in [0.1, 0.15) is 0 Å². The van der Waals surface area contributed by atoms with E-state index in [0.717, 1.165) is 26.2 Å². The van der Waals surface area contributed by atoms with Crippen molar-refractivity contribution < 1.29 is 0 Å². The van der Waals surface area contributed by atoms with Crippen LogP contribution >= 0.6 is 23.7 Å². The van der Waals surface area contributed by atoms with Crippen LogP contribution in [0.1, 0.15) is 16.5 Å². The molecular weight excluding hydrogens is 278 g/mol. The fourth-order valence-corrected chi connectivity index (χ4v) is 3.17. The van der Waals surface area contributed by atoms with E-state index in [4.69, 9.17) is 0 Å². The van der Waals surface area contributed by atoms with Crippen LogP contribution in [0, 0.1) is 0 Å². The number of halogens is 1. The number of nitrogens with one attached hydrogen (secondary N) is 1. The van der Waals surface area contributed by atoms with E-state index in [9.17, 15) is 0 Å². The fraction of sp³-hybridized carbons (Fsp3) is 0.357.